The molecule has 67 heavy (non-hydrogen) atoms. The molecule has 2 N–H and O–H groups in total. The molecular weight excluding hydrogens is 853 g/mol. The number of aldehydes is 1. The molecule has 1 saturated carbocycles. The third kappa shape index (κ3) is 13.4. The van der Waals surface area contributed by atoms with Gasteiger partial charge in [-0.05, 0) is 98.8 Å². The Labute approximate surface area is 399 Å². The van der Waals surface area contributed by atoms with Crippen LogP contribution in [0.15, 0.2) is 65.9 Å². The molecule has 2 fully saturated rings. The number of likely N-dealkylation sites (N-methyl/N-ethyl adjacent to an activating group) is 1. The zero-order valence-corrected chi connectivity index (χ0v) is 40.5. The average molecular weight is 931 g/mol. The van der Waals surface area contributed by atoms with Gasteiger partial charge in [0.25, 0.3) is 0 Å². The van der Waals surface area contributed by atoms with Gasteiger partial charge in [0.15, 0.2) is 6.29 Å². The van der Waals surface area contributed by atoms with Gasteiger partial charge in [-0.25, -0.2) is 4.79 Å². The Kier molecular flexibility index (Phi) is 20.9. The maximum atomic E-state index is 14.3. The van der Waals surface area contributed by atoms with Gasteiger partial charge < -0.3 is 48.4 Å². The Morgan fingerprint density at radius 3 is 2.33 bits per heavy atom. The minimum Gasteiger partial charge on any atom is -0.496 e. The summed E-state index contributed by atoms with van der Waals surface area (Å²) in [4.78, 5) is 34.2. The lowest BCUT2D eigenvalue weighted by molar-refractivity contribution is -0.254. The molecular formula is C54H78N2O11. The molecule has 13 nitrogen and oxygen atoms in total. The number of aliphatic hydroxyl groups is 2. The molecule has 2 heterocycles. The second kappa shape index (κ2) is 26.9. The molecule has 4 aliphatic rings. The first-order chi connectivity index (χ1) is 32.8. The number of ether oxygens (including phenoxy) is 6. The second-order valence-corrected chi connectivity index (χ2v) is 18.7. The predicted octanol–water partition coefficient (Wildman–Crippen LogP) is 11.4. The zero-order chi connectivity index (χ0) is 47.4. The SMILES string of the molecule is C=CCOC12Oc3ccc(Oc4ccc(OC)c(C=O)c4)cc3C3C(CCCCO)C(CCCCO)C=C(C(=NOC4CCCCO4)CC1N(C)C(=O)OCCCCCCCCCCCC)C32. The van der Waals surface area contributed by atoms with E-state index < -0.39 is 30.1 Å². The Morgan fingerprint density at radius 2 is 1.64 bits per heavy atom. The number of amides is 1. The van der Waals surface area contributed by atoms with Crippen LogP contribution in [0.2, 0.25) is 0 Å². The van der Waals surface area contributed by atoms with E-state index in [1.165, 1.54) is 52.1 Å². The molecule has 0 bridgehead atoms. The number of hydrogen-bond acceptors (Lipinski definition) is 12. The van der Waals surface area contributed by atoms with Crippen LogP contribution in [0.25, 0.3) is 0 Å². The van der Waals surface area contributed by atoms with Crippen molar-refractivity contribution < 1.29 is 53.1 Å². The molecule has 6 rings (SSSR count). The summed E-state index contributed by atoms with van der Waals surface area (Å²) in [6, 6.07) is 10.2. The van der Waals surface area contributed by atoms with Gasteiger partial charge in [-0.15, -0.1) is 6.58 Å². The lowest BCUT2D eigenvalue weighted by atomic mass is 9.55. The van der Waals surface area contributed by atoms with E-state index in [1.807, 2.05) is 18.2 Å². The van der Waals surface area contributed by atoms with Crippen molar-refractivity contribution >= 4 is 18.1 Å². The van der Waals surface area contributed by atoms with Gasteiger partial charge in [-0.2, -0.15) is 0 Å². The van der Waals surface area contributed by atoms with Crippen molar-refractivity contribution in [1.82, 2.24) is 4.90 Å². The third-order valence-corrected chi connectivity index (χ3v) is 14.1. The standard InChI is InChI=1S/C54H78N2O11/c1-5-7-8-9-10-11-12-13-14-20-33-63-53(60)56(3)49-37-46(55-67-50-24-17-21-32-62-50)44-35-39(22-15-18-29-57)43(23-16-19-30-58)51-45-36-42(65-41-25-27-47(61-4)40(34-41)38-59)26-28-48(45)66-54(49,52(44)51)64-31-6-2/h6,25-28,34-36,38-39,43,49-52,57-58H,2,5,7-24,29-33,37H2,1,3-4H3. The smallest absolute Gasteiger partial charge is 0.409 e. The number of methoxy groups -OCH3 is 1. The zero-order valence-electron chi connectivity index (χ0n) is 40.5. The van der Waals surface area contributed by atoms with Crippen molar-refractivity contribution in [3.8, 4) is 23.0 Å². The molecule has 370 valence electrons. The third-order valence-electron chi connectivity index (χ3n) is 14.1. The normalized spacial score (nSPS) is 24.7. The molecule has 0 spiro atoms. The number of carbonyl (C=O) groups excluding carboxylic acids is 2. The topological polar surface area (TPSA) is 155 Å². The first kappa shape index (κ1) is 52.0. The maximum absolute atomic E-state index is 14.3. The first-order valence-corrected chi connectivity index (χ1v) is 25.4. The molecule has 2 aliphatic heterocycles. The van der Waals surface area contributed by atoms with E-state index in [-0.39, 0.29) is 44.0 Å². The number of allylic oxidation sites excluding steroid dienone is 1. The van der Waals surface area contributed by atoms with Crippen molar-refractivity contribution in [1.29, 1.82) is 0 Å². The van der Waals surface area contributed by atoms with Crippen molar-refractivity contribution in [3.63, 3.8) is 0 Å². The molecule has 2 aromatic rings. The number of nitrogens with zero attached hydrogens (tertiary/aromatic N) is 2. The largest absolute Gasteiger partial charge is 0.496 e. The van der Waals surface area contributed by atoms with E-state index in [2.05, 4.69) is 19.6 Å². The summed E-state index contributed by atoms with van der Waals surface area (Å²) in [6.07, 6.45) is 23.1. The minimum atomic E-state index is -1.41. The predicted molar refractivity (Wildman–Crippen MR) is 259 cm³/mol. The van der Waals surface area contributed by atoms with E-state index >= 15 is 0 Å². The monoisotopic (exact) mass is 931 g/mol. The van der Waals surface area contributed by atoms with Gasteiger partial charge in [0, 0.05) is 44.6 Å². The van der Waals surface area contributed by atoms with Crippen molar-refractivity contribution in [2.24, 2.45) is 22.9 Å². The molecule has 7 atom stereocenters. The lowest BCUT2D eigenvalue weighted by Gasteiger charge is -2.59. The Bertz CT molecular complexity index is 1930. The van der Waals surface area contributed by atoms with E-state index in [4.69, 9.17) is 38.4 Å². The van der Waals surface area contributed by atoms with Crippen LogP contribution in [-0.4, -0.2) is 98.5 Å². The van der Waals surface area contributed by atoms with E-state index in [0.717, 1.165) is 81.6 Å². The fourth-order valence-electron chi connectivity index (χ4n) is 10.7. The summed E-state index contributed by atoms with van der Waals surface area (Å²) in [6.45, 7) is 7.52. The highest BCUT2D eigenvalue weighted by Crippen LogP contribution is 2.62. The van der Waals surface area contributed by atoms with Gasteiger partial charge in [0.1, 0.15) is 29.0 Å². The summed E-state index contributed by atoms with van der Waals surface area (Å²) < 4.78 is 38.2. The van der Waals surface area contributed by atoms with E-state index in [9.17, 15) is 19.8 Å². The molecule has 1 amide bonds. The highest BCUT2D eigenvalue weighted by atomic mass is 16.8. The lowest BCUT2D eigenvalue weighted by Crippen LogP contribution is -2.69. The van der Waals surface area contributed by atoms with Gasteiger partial charge >= 0.3 is 6.09 Å². The van der Waals surface area contributed by atoms with Crippen molar-refractivity contribution in [2.45, 2.75) is 159 Å². The molecule has 13 heteroatoms. The van der Waals surface area contributed by atoms with Crippen LogP contribution >= 0.6 is 0 Å². The summed E-state index contributed by atoms with van der Waals surface area (Å²) in [5.41, 5.74) is 2.91. The van der Waals surface area contributed by atoms with Gasteiger partial charge in [-0.1, -0.05) is 94.9 Å². The molecule has 0 radical (unpaired) electrons. The Hall–Kier alpha value is -4.43. The van der Waals surface area contributed by atoms with Crippen molar-refractivity contribution in [3.05, 3.63) is 71.8 Å². The molecule has 1 saturated heterocycles. The summed E-state index contributed by atoms with van der Waals surface area (Å²) in [5, 5.41) is 24.9. The van der Waals surface area contributed by atoms with Crippen LogP contribution in [0.1, 0.15) is 157 Å². The highest BCUT2D eigenvalue weighted by molar-refractivity contribution is 6.03. The van der Waals surface area contributed by atoms with Gasteiger partial charge in [0.2, 0.25) is 12.1 Å². The Balaban J connectivity index is 1.40. The maximum Gasteiger partial charge on any atom is 0.409 e. The molecule has 2 aromatic carbocycles. The molecule has 2 aliphatic carbocycles. The fourth-order valence-corrected chi connectivity index (χ4v) is 10.7. The fraction of sp³-hybridized carbons (Fsp3) is 0.648. The molecule has 7 unspecified atom stereocenters. The average Bonchev–Trinajstić information content (AvgIpc) is 3.35. The number of hydrogen-bond donors (Lipinski definition) is 2. The van der Waals surface area contributed by atoms with Crippen LogP contribution in [0, 0.1) is 17.8 Å². The number of oxime groups is 1. The highest BCUT2D eigenvalue weighted by Gasteiger charge is 2.65. The number of rotatable bonds is 29. The molecule has 0 aromatic heterocycles. The van der Waals surface area contributed by atoms with Gasteiger partial charge in [-0.3, -0.25) is 4.79 Å². The number of fused-ring (bicyclic) bond motifs is 2. The summed E-state index contributed by atoms with van der Waals surface area (Å²) in [7, 11) is 3.28. The number of aliphatic hydroxyl groups excluding tert-OH is 2. The number of benzene rings is 2. The quantitative estimate of drug-likeness (QED) is 0.0347. The van der Waals surface area contributed by atoms with Crippen LogP contribution in [0.3, 0.4) is 0 Å². The van der Waals surface area contributed by atoms with Crippen LogP contribution in [0.4, 0.5) is 4.79 Å². The first-order valence-electron chi connectivity index (χ1n) is 25.4. The van der Waals surface area contributed by atoms with Gasteiger partial charge in [0.05, 0.1) is 44.1 Å². The number of carbonyl (C=O) groups is 2. The minimum absolute atomic E-state index is 0.0300. The number of unbranched alkanes of at least 4 members (excludes halogenated alkanes) is 11. The van der Waals surface area contributed by atoms with E-state index in [1.54, 1.807) is 36.2 Å². The van der Waals surface area contributed by atoms with Crippen LogP contribution in [-0.2, 0) is 19.0 Å². The van der Waals surface area contributed by atoms with E-state index in [0.29, 0.717) is 60.3 Å². The summed E-state index contributed by atoms with van der Waals surface area (Å²) in [5.74, 6) is 0.0256. The second-order valence-electron chi connectivity index (χ2n) is 18.7. The van der Waals surface area contributed by atoms with Crippen LogP contribution < -0.4 is 14.2 Å². The van der Waals surface area contributed by atoms with Crippen LogP contribution in [0.5, 0.6) is 23.0 Å². The van der Waals surface area contributed by atoms with Crippen molar-refractivity contribution in [2.75, 3.05) is 47.2 Å². The Morgan fingerprint density at radius 1 is 0.925 bits per heavy atom. The summed E-state index contributed by atoms with van der Waals surface area (Å²) >= 11 is 0.